The van der Waals surface area contributed by atoms with E-state index >= 15 is 0 Å². The average Bonchev–Trinajstić information content (AvgIpc) is 2.71. The second-order valence-electron chi connectivity index (χ2n) is 4.90. The van der Waals surface area contributed by atoms with E-state index in [4.69, 9.17) is 5.11 Å². The number of nitrogens with one attached hydrogen (secondary N) is 1. The molecular formula is C12H17F2N3O2. The molecule has 2 rings (SSSR count). The quantitative estimate of drug-likeness (QED) is 0.815. The van der Waals surface area contributed by atoms with Gasteiger partial charge >= 0.3 is 0 Å². The largest absolute Gasteiger partial charge is 0.395 e. The number of halogens is 2. The van der Waals surface area contributed by atoms with E-state index in [1.807, 2.05) is 0 Å². The molecule has 5 nitrogen and oxygen atoms in total. The van der Waals surface area contributed by atoms with E-state index in [9.17, 15) is 13.6 Å². The van der Waals surface area contributed by atoms with E-state index in [-0.39, 0.29) is 38.4 Å². The van der Waals surface area contributed by atoms with Gasteiger partial charge in [-0.15, -0.1) is 0 Å². The normalized spacial score (nSPS) is 20.3. The minimum atomic E-state index is -2.69. The fraction of sp³-hybridized carbons (Fsp3) is 0.667. The van der Waals surface area contributed by atoms with E-state index in [0.29, 0.717) is 0 Å². The third-order valence-corrected chi connectivity index (χ3v) is 3.22. The van der Waals surface area contributed by atoms with Gasteiger partial charge in [-0.2, -0.15) is 0 Å². The Balaban J connectivity index is 1.93. The number of aliphatic hydroxyl groups excluding tert-OH is 1. The Morgan fingerprint density at radius 1 is 1.68 bits per heavy atom. The van der Waals surface area contributed by atoms with Gasteiger partial charge in [-0.1, -0.05) is 0 Å². The predicted octanol–water partition coefficient (Wildman–Crippen LogP) is 1.08. The highest BCUT2D eigenvalue weighted by molar-refractivity contribution is 5.77. The molecule has 0 aliphatic heterocycles. The molecule has 0 radical (unpaired) electrons. The Morgan fingerprint density at radius 3 is 2.84 bits per heavy atom. The van der Waals surface area contributed by atoms with Crippen LogP contribution in [0.15, 0.2) is 6.20 Å². The van der Waals surface area contributed by atoms with Crippen LogP contribution >= 0.6 is 0 Å². The molecule has 0 spiro atoms. The molecule has 1 atom stereocenters. The molecule has 1 aliphatic carbocycles. The summed E-state index contributed by atoms with van der Waals surface area (Å²) < 4.78 is 25.6. The average molecular weight is 273 g/mol. The lowest BCUT2D eigenvalue weighted by Crippen LogP contribution is -2.33. The van der Waals surface area contributed by atoms with E-state index in [0.717, 1.165) is 11.5 Å². The summed E-state index contributed by atoms with van der Waals surface area (Å²) in [4.78, 5) is 20.3. The van der Waals surface area contributed by atoms with Crippen LogP contribution in [0.3, 0.4) is 0 Å². The van der Waals surface area contributed by atoms with Crippen LogP contribution in [0.1, 0.15) is 24.4 Å². The molecule has 1 fully saturated rings. The summed E-state index contributed by atoms with van der Waals surface area (Å²) in [5.74, 6) is -3.17. The lowest BCUT2D eigenvalue weighted by molar-refractivity contribution is -0.133. The summed E-state index contributed by atoms with van der Waals surface area (Å²) >= 11 is 0. The van der Waals surface area contributed by atoms with Crippen LogP contribution in [-0.2, 0) is 11.3 Å². The van der Waals surface area contributed by atoms with Crippen LogP contribution in [0.4, 0.5) is 8.78 Å². The number of carbonyl (C=O) groups excluding carboxylic acids is 1. The zero-order valence-corrected chi connectivity index (χ0v) is 10.7. The van der Waals surface area contributed by atoms with Gasteiger partial charge in [-0.3, -0.25) is 4.79 Å². The first kappa shape index (κ1) is 13.9. The number of nitrogens with zero attached hydrogens (tertiary/aromatic N) is 2. The van der Waals surface area contributed by atoms with Crippen LogP contribution in [0, 0.1) is 12.8 Å². The summed E-state index contributed by atoms with van der Waals surface area (Å²) in [6, 6.07) is 0. The van der Waals surface area contributed by atoms with Crippen molar-refractivity contribution in [3.05, 3.63) is 17.7 Å². The van der Waals surface area contributed by atoms with Gasteiger partial charge in [-0.25, -0.2) is 13.8 Å². The van der Waals surface area contributed by atoms with E-state index in [1.165, 1.54) is 4.90 Å². The predicted molar refractivity (Wildman–Crippen MR) is 63.5 cm³/mol. The van der Waals surface area contributed by atoms with E-state index < -0.39 is 11.8 Å². The SMILES string of the molecule is Cc1ncc(CN(CCO)C(=O)CC2CC2(F)F)[nH]1. The highest BCUT2D eigenvalue weighted by Crippen LogP contribution is 2.50. The van der Waals surface area contributed by atoms with Crippen molar-refractivity contribution >= 4 is 5.91 Å². The van der Waals surface area contributed by atoms with E-state index in [2.05, 4.69) is 9.97 Å². The minimum absolute atomic E-state index is 0.134. The molecule has 1 aliphatic rings. The Morgan fingerprint density at radius 2 is 2.37 bits per heavy atom. The number of aromatic amines is 1. The highest BCUT2D eigenvalue weighted by Gasteiger charge is 2.57. The van der Waals surface area contributed by atoms with Gasteiger partial charge in [0.05, 0.1) is 25.0 Å². The number of hydrogen-bond acceptors (Lipinski definition) is 3. The van der Waals surface area contributed by atoms with Crippen molar-refractivity contribution < 1.29 is 18.7 Å². The van der Waals surface area contributed by atoms with Crippen LogP contribution in [0.5, 0.6) is 0 Å². The Bertz CT molecular complexity index is 462. The Hall–Kier alpha value is -1.50. The number of alkyl halides is 2. The molecule has 1 heterocycles. The van der Waals surface area contributed by atoms with Gasteiger partial charge in [-0.05, 0) is 6.92 Å². The number of hydrogen-bond donors (Lipinski definition) is 2. The standard InChI is InChI=1S/C12H17F2N3O2/c1-8-15-6-10(16-8)7-17(2-3-18)11(19)4-9-5-12(9,13)14/h6,9,18H,2-5,7H2,1H3,(H,15,16). The van der Waals surface area contributed by atoms with Crippen molar-refractivity contribution in [3.63, 3.8) is 0 Å². The molecule has 1 saturated carbocycles. The first-order chi connectivity index (χ1) is 8.92. The molecule has 1 amide bonds. The molecule has 7 heteroatoms. The maximum absolute atomic E-state index is 12.8. The smallest absolute Gasteiger partial charge is 0.252 e. The molecule has 19 heavy (non-hydrogen) atoms. The van der Waals surface area contributed by atoms with Crippen molar-refractivity contribution in [2.45, 2.75) is 32.2 Å². The minimum Gasteiger partial charge on any atom is -0.395 e. The van der Waals surface area contributed by atoms with Crippen LogP contribution in [0.25, 0.3) is 0 Å². The third-order valence-electron chi connectivity index (χ3n) is 3.22. The number of imidazole rings is 1. The van der Waals surface area contributed by atoms with Crippen LogP contribution < -0.4 is 0 Å². The van der Waals surface area contributed by atoms with E-state index in [1.54, 1.807) is 13.1 Å². The van der Waals surface area contributed by atoms with Crippen LogP contribution in [-0.4, -0.2) is 45.0 Å². The van der Waals surface area contributed by atoms with Crippen LogP contribution in [0.2, 0.25) is 0 Å². The zero-order chi connectivity index (χ0) is 14.0. The maximum Gasteiger partial charge on any atom is 0.252 e. The summed E-state index contributed by atoms with van der Waals surface area (Å²) in [6.07, 6.45) is 1.22. The molecule has 1 aromatic rings. The summed E-state index contributed by atoms with van der Waals surface area (Å²) in [5, 5.41) is 8.95. The molecule has 1 unspecified atom stereocenters. The lowest BCUT2D eigenvalue weighted by Gasteiger charge is -2.21. The van der Waals surface area contributed by atoms with Crippen molar-refractivity contribution in [1.82, 2.24) is 14.9 Å². The number of aliphatic hydroxyl groups is 1. The first-order valence-corrected chi connectivity index (χ1v) is 6.19. The highest BCUT2D eigenvalue weighted by atomic mass is 19.3. The molecule has 0 saturated heterocycles. The number of carbonyl (C=O) groups is 1. The van der Waals surface area contributed by atoms with Gasteiger partial charge in [0, 0.05) is 25.3 Å². The molecule has 1 aromatic heterocycles. The maximum atomic E-state index is 12.8. The van der Waals surface area contributed by atoms with Gasteiger partial charge in [0.15, 0.2) is 0 Å². The molecule has 2 N–H and O–H groups in total. The van der Waals surface area contributed by atoms with Gasteiger partial charge in [0.1, 0.15) is 5.82 Å². The topological polar surface area (TPSA) is 69.2 Å². The van der Waals surface area contributed by atoms with Crippen molar-refractivity contribution in [3.8, 4) is 0 Å². The Kier molecular flexibility index (Phi) is 3.84. The van der Waals surface area contributed by atoms with Crippen molar-refractivity contribution in [1.29, 1.82) is 0 Å². The number of aromatic nitrogens is 2. The van der Waals surface area contributed by atoms with Gasteiger partial charge in [0.25, 0.3) is 5.92 Å². The molecule has 0 bridgehead atoms. The fourth-order valence-corrected chi connectivity index (χ4v) is 2.00. The van der Waals surface area contributed by atoms with Gasteiger partial charge < -0.3 is 15.0 Å². The summed E-state index contributed by atoms with van der Waals surface area (Å²) in [5.41, 5.74) is 0.724. The Labute approximate surface area is 109 Å². The molecule has 0 aromatic carbocycles. The molecular weight excluding hydrogens is 256 g/mol. The summed E-state index contributed by atoms with van der Waals surface area (Å²) in [6.45, 7) is 1.97. The number of rotatable bonds is 6. The third kappa shape index (κ3) is 3.50. The first-order valence-electron chi connectivity index (χ1n) is 6.19. The summed E-state index contributed by atoms with van der Waals surface area (Å²) in [7, 11) is 0. The van der Waals surface area contributed by atoms with Crippen molar-refractivity contribution in [2.75, 3.05) is 13.2 Å². The second kappa shape index (κ2) is 5.24. The fourth-order valence-electron chi connectivity index (χ4n) is 2.00. The van der Waals surface area contributed by atoms with Gasteiger partial charge in [0.2, 0.25) is 5.91 Å². The monoisotopic (exact) mass is 273 g/mol. The number of H-pyrrole nitrogens is 1. The number of aryl methyl sites for hydroxylation is 1. The molecule has 106 valence electrons. The lowest BCUT2D eigenvalue weighted by atomic mass is 10.2. The van der Waals surface area contributed by atoms with Crippen molar-refractivity contribution in [2.24, 2.45) is 5.92 Å². The number of amides is 1. The zero-order valence-electron chi connectivity index (χ0n) is 10.7. The second-order valence-corrected chi connectivity index (χ2v) is 4.90.